The summed E-state index contributed by atoms with van der Waals surface area (Å²) in [6, 6.07) is 4.42. The fourth-order valence-electron chi connectivity index (χ4n) is 3.61. The Balaban J connectivity index is 1.33. The van der Waals surface area contributed by atoms with Gasteiger partial charge in [0, 0.05) is 46.9 Å². The number of ether oxygens (including phenoxy) is 1. The van der Waals surface area contributed by atoms with Crippen molar-refractivity contribution in [3.63, 3.8) is 0 Å². The molecule has 0 bridgehead atoms. The summed E-state index contributed by atoms with van der Waals surface area (Å²) in [6.45, 7) is 5.90. The lowest BCUT2D eigenvalue weighted by molar-refractivity contribution is -0.108. The van der Waals surface area contributed by atoms with Gasteiger partial charge < -0.3 is 15.4 Å². The molecular formula is C16H24N2O2S2. The van der Waals surface area contributed by atoms with Crippen LogP contribution in [0, 0.1) is 11.3 Å². The van der Waals surface area contributed by atoms with E-state index in [4.69, 9.17) is 4.74 Å². The van der Waals surface area contributed by atoms with E-state index in [0.29, 0.717) is 18.6 Å². The second-order valence-electron chi connectivity index (χ2n) is 6.58. The zero-order valence-corrected chi connectivity index (χ0v) is 14.8. The van der Waals surface area contributed by atoms with Crippen LogP contribution in [0.3, 0.4) is 0 Å². The van der Waals surface area contributed by atoms with Gasteiger partial charge in [0.1, 0.15) is 0 Å². The van der Waals surface area contributed by atoms with E-state index >= 15 is 0 Å². The third kappa shape index (κ3) is 3.29. The van der Waals surface area contributed by atoms with Crippen LogP contribution >= 0.6 is 23.1 Å². The number of thiophene rings is 1. The number of thioether (sulfide) groups is 1. The van der Waals surface area contributed by atoms with Crippen molar-refractivity contribution in [3.05, 3.63) is 22.4 Å². The monoisotopic (exact) mass is 340 g/mol. The molecule has 22 heavy (non-hydrogen) atoms. The molecule has 2 fully saturated rings. The van der Waals surface area contributed by atoms with Crippen LogP contribution in [0.4, 0.5) is 4.79 Å². The molecule has 0 spiro atoms. The number of amides is 2. The number of hydrogen-bond acceptors (Lipinski definition) is 4. The second kappa shape index (κ2) is 6.81. The van der Waals surface area contributed by atoms with Crippen LogP contribution in [0.2, 0.25) is 0 Å². The number of carbonyl (C=O) groups excluding carboxylic acids is 1. The maximum Gasteiger partial charge on any atom is 0.315 e. The van der Waals surface area contributed by atoms with Crippen molar-refractivity contribution in [2.24, 2.45) is 11.3 Å². The van der Waals surface area contributed by atoms with Crippen LogP contribution in [0.15, 0.2) is 17.5 Å². The first-order valence-electron chi connectivity index (χ1n) is 7.85. The average molecular weight is 341 g/mol. The number of carbonyl (C=O) groups is 1. The van der Waals surface area contributed by atoms with Crippen molar-refractivity contribution in [1.82, 2.24) is 10.6 Å². The Hall–Kier alpha value is -0.720. The molecule has 1 aromatic rings. The standard InChI is InChI=1S/C16H24N2O2S2/c1-16(2)13(12-5-7-20-14(12)16)18-15(19)17-6-9-21-10-11-4-3-8-22-11/h3-4,8,12-14H,5-7,9-10H2,1-2H3,(H2,17,18,19)/t12-,13-,14-/m1/s1. The molecule has 2 amide bonds. The van der Waals surface area contributed by atoms with E-state index in [2.05, 4.69) is 42.0 Å². The Kier molecular flexibility index (Phi) is 5.00. The first-order chi connectivity index (χ1) is 10.6. The lowest BCUT2D eigenvalue weighted by Gasteiger charge is -2.54. The molecule has 2 aliphatic rings. The zero-order valence-electron chi connectivity index (χ0n) is 13.1. The molecule has 1 aromatic heterocycles. The summed E-state index contributed by atoms with van der Waals surface area (Å²) >= 11 is 3.64. The maximum atomic E-state index is 12.0. The summed E-state index contributed by atoms with van der Waals surface area (Å²) in [5.41, 5.74) is 0.0480. The topological polar surface area (TPSA) is 50.4 Å². The van der Waals surface area contributed by atoms with E-state index in [0.717, 1.165) is 24.5 Å². The average Bonchev–Trinajstić information content (AvgIpc) is 3.14. The zero-order chi connectivity index (χ0) is 15.6. The molecule has 0 aromatic carbocycles. The fraction of sp³-hybridized carbons (Fsp3) is 0.688. The van der Waals surface area contributed by atoms with Crippen LogP contribution < -0.4 is 10.6 Å². The van der Waals surface area contributed by atoms with Gasteiger partial charge in [-0.25, -0.2) is 4.79 Å². The van der Waals surface area contributed by atoms with E-state index in [9.17, 15) is 4.79 Å². The third-order valence-electron chi connectivity index (χ3n) is 4.74. The van der Waals surface area contributed by atoms with Crippen molar-refractivity contribution < 1.29 is 9.53 Å². The number of nitrogens with one attached hydrogen (secondary N) is 2. The predicted octanol–water partition coefficient (Wildman–Crippen LogP) is 3.09. The van der Waals surface area contributed by atoms with Gasteiger partial charge in [0.05, 0.1) is 6.10 Å². The smallest absolute Gasteiger partial charge is 0.315 e. The third-order valence-corrected chi connectivity index (χ3v) is 6.81. The Morgan fingerprint density at radius 2 is 2.41 bits per heavy atom. The molecule has 0 radical (unpaired) electrons. The van der Waals surface area contributed by atoms with Crippen molar-refractivity contribution >= 4 is 29.1 Å². The van der Waals surface area contributed by atoms with Gasteiger partial charge in [0.2, 0.25) is 0 Å². The molecule has 2 heterocycles. The highest BCUT2D eigenvalue weighted by Gasteiger charge is 2.59. The second-order valence-corrected chi connectivity index (χ2v) is 8.71. The SMILES string of the molecule is CC1(C)[C@H](NC(=O)NCCSCc2cccs2)[C@H]2CCO[C@H]21. The Bertz CT molecular complexity index is 504. The van der Waals surface area contributed by atoms with Crippen LogP contribution in [-0.2, 0) is 10.5 Å². The predicted molar refractivity (Wildman–Crippen MR) is 92.4 cm³/mol. The summed E-state index contributed by atoms with van der Waals surface area (Å²) in [5, 5.41) is 8.22. The normalized spacial score (nSPS) is 28.7. The van der Waals surface area contributed by atoms with Crippen molar-refractivity contribution in [3.8, 4) is 0 Å². The number of hydrogen-bond donors (Lipinski definition) is 2. The molecule has 4 nitrogen and oxygen atoms in total. The summed E-state index contributed by atoms with van der Waals surface area (Å²) in [7, 11) is 0. The Morgan fingerprint density at radius 1 is 1.55 bits per heavy atom. The highest BCUT2D eigenvalue weighted by molar-refractivity contribution is 7.98. The lowest BCUT2D eigenvalue weighted by atomic mass is 9.57. The lowest BCUT2D eigenvalue weighted by Crippen LogP contribution is -2.67. The highest BCUT2D eigenvalue weighted by Crippen LogP contribution is 2.51. The van der Waals surface area contributed by atoms with Crippen LogP contribution in [0.1, 0.15) is 25.1 Å². The summed E-state index contributed by atoms with van der Waals surface area (Å²) in [5.74, 6) is 2.46. The van der Waals surface area contributed by atoms with Gasteiger partial charge in [0.15, 0.2) is 0 Å². The van der Waals surface area contributed by atoms with Gasteiger partial charge in [-0.05, 0) is 17.9 Å². The minimum atomic E-state index is -0.0415. The molecule has 1 aliphatic carbocycles. The van der Waals surface area contributed by atoms with Crippen LogP contribution in [-0.4, -0.2) is 37.1 Å². The molecule has 1 saturated carbocycles. The van der Waals surface area contributed by atoms with E-state index < -0.39 is 0 Å². The first kappa shape index (κ1) is 16.1. The summed E-state index contributed by atoms with van der Waals surface area (Å²) in [4.78, 5) is 13.4. The van der Waals surface area contributed by atoms with Gasteiger partial charge in [-0.3, -0.25) is 0 Å². The van der Waals surface area contributed by atoms with Gasteiger partial charge in [0.25, 0.3) is 0 Å². The number of urea groups is 1. The van der Waals surface area contributed by atoms with Crippen molar-refractivity contribution in [2.75, 3.05) is 18.9 Å². The van der Waals surface area contributed by atoms with Crippen LogP contribution in [0.25, 0.3) is 0 Å². The number of fused-ring (bicyclic) bond motifs is 1. The molecule has 1 saturated heterocycles. The molecule has 1 aliphatic heterocycles. The van der Waals surface area contributed by atoms with E-state index in [1.807, 2.05) is 11.8 Å². The van der Waals surface area contributed by atoms with Crippen molar-refractivity contribution in [1.29, 1.82) is 0 Å². The van der Waals surface area contributed by atoms with Gasteiger partial charge in [-0.1, -0.05) is 19.9 Å². The van der Waals surface area contributed by atoms with Crippen LogP contribution in [0.5, 0.6) is 0 Å². The van der Waals surface area contributed by atoms with Gasteiger partial charge >= 0.3 is 6.03 Å². The molecule has 0 unspecified atom stereocenters. The molecule has 3 atom stereocenters. The van der Waals surface area contributed by atoms with Gasteiger partial charge in [-0.15, -0.1) is 11.3 Å². The summed E-state index contributed by atoms with van der Waals surface area (Å²) < 4.78 is 5.75. The quantitative estimate of drug-likeness (QED) is 0.783. The minimum absolute atomic E-state index is 0.0415. The molecule has 122 valence electrons. The summed E-state index contributed by atoms with van der Waals surface area (Å²) in [6.07, 6.45) is 1.38. The van der Waals surface area contributed by atoms with Crippen molar-refractivity contribution in [2.45, 2.75) is 38.2 Å². The first-order valence-corrected chi connectivity index (χ1v) is 9.88. The van der Waals surface area contributed by atoms with E-state index in [-0.39, 0.29) is 17.5 Å². The molecule has 6 heteroatoms. The Morgan fingerprint density at radius 3 is 3.18 bits per heavy atom. The number of rotatable bonds is 6. The van der Waals surface area contributed by atoms with E-state index in [1.165, 1.54) is 4.88 Å². The highest BCUT2D eigenvalue weighted by atomic mass is 32.2. The molecule has 3 rings (SSSR count). The van der Waals surface area contributed by atoms with Gasteiger partial charge in [-0.2, -0.15) is 11.8 Å². The largest absolute Gasteiger partial charge is 0.377 e. The fourth-order valence-corrected chi connectivity index (χ4v) is 5.31. The molecular weight excluding hydrogens is 316 g/mol. The minimum Gasteiger partial charge on any atom is -0.377 e. The maximum absolute atomic E-state index is 12.0. The molecule has 2 N–H and O–H groups in total. The van der Waals surface area contributed by atoms with E-state index in [1.54, 1.807) is 11.3 Å². The Labute approximate surface area is 140 Å².